The number of hydrogen-bond donors (Lipinski definition) is 2. The first-order valence-corrected chi connectivity index (χ1v) is 9.34. The number of fused-ring (bicyclic) bond motifs is 2. The first-order chi connectivity index (χ1) is 12.9. The third-order valence-electron chi connectivity index (χ3n) is 5.24. The largest absolute Gasteiger partial charge is 0.345 e. The molecule has 0 spiro atoms. The molecule has 6 nitrogen and oxygen atoms in total. The topological polar surface area (TPSA) is 85.3 Å². The fourth-order valence-electron chi connectivity index (χ4n) is 3.80. The van der Waals surface area contributed by atoms with E-state index in [9.17, 15) is 4.79 Å². The van der Waals surface area contributed by atoms with Crippen LogP contribution in [0.4, 0.5) is 0 Å². The van der Waals surface area contributed by atoms with Crippen LogP contribution in [0.1, 0.15) is 66.0 Å². The Balaban J connectivity index is 1.62. The predicted octanol–water partition coefficient (Wildman–Crippen LogP) is 2.90. The van der Waals surface area contributed by atoms with E-state index in [0.717, 1.165) is 24.1 Å². The van der Waals surface area contributed by atoms with E-state index < -0.39 is 0 Å². The van der Waals surface area contributed by atoms with Crippen LogP contribution in [0.3, 0.4) is 0 Å². The number of nitrogens with two attached hydrogens (primary N) is 1. The maximum Gasteiger partial charge on any atom is 0.257 e. The summed E-state index contributed by atoms with van der Waals surface area (Å²) in [4.78, 5) is 17.3. The Morgan fingerprint density at radius 2 is 2.15 bits per heavy atom. The van der Waals surface area contributed by atoms with Gasteiger partial charge in [-0.1, -0.05) is 39.0 Å². The van der Waals surface area contributed by atoms with Crippen LogP contribution in [0.2, 0.25) is 0 Å². The second-order valence-corrected chi connectivity index (χ2v) is 8.18. The van der Waals surface area contributed by atoms with E-state index in [1.807, 2.05) is 12.1 Å². The molecule has 27 heavy (non-hydrogen) atoms. The number of benzene rings is 1. The number of carbonyl (C=O) groups excluding carboxylic acids is 1. The van der Waals surface area contributed by atoms with E-state index in [-0.39, 0.29) is 17.4 Å². The summed E-state index contributed by atoms with van der Waals surface area (Å²) >= 11 is 0. The standard InChI is InChI=1S/C21H25N5O/c1-21(2,3)18-8-9-23-19-16(12-24-26(18)19)20(27)25-17-7-5-14-10-13(11-22)4-6-15(14)17/h4,6,8-10,12,17H,5,7,11,22H2,1-3H3,(H,25,27). The molecule has 1 aliphatic rings. The van der Waals surface area contributed by atoms with Crippen LogP contribution in [0.25, 0.3) is 5.65 Å². The number of aromatic nitrogens is 3. The predicted molar refractivity (Wildman–Crippen MR) is 105 cm³/mol. The van der Waals surface area contributed by atoms with Crippen LogP contribution in [0.15, 0.2) is 36.7 Å². The van der Waals surface area contributed by atoms with Crippen molar-refractivity contribution in [1.82, 2.24) is 19.9 Å². The molecule has 1 atom stereocenters. The van der Waals surface area contributed by atoms with Gasteiger partial charge in [0.05, 0.1) is 17.9 Å². The number of nitrogens with zero attached hydrogens (tertiary/aromatic N) is 3. The quantitative estimate of drug-likeness (QED) is 0.749. The molecule has 0 aliphatic heterocycles. The molecule has 1 aliphatic carbocycles. The van der Waals surface area contributed by atoms with Crippen molar-refractivity contribution in [3.05, 3.63) is 64.6 Å². The van der Waals surface area contributed by atoms with Crippen LogP contribution in [0.5, 0.6) is 0 Å². The zero-order chi connectivity index (χ0) is 19.2. The van der Waals surface area contributed by atoms with E-state index in [1.165, 1.54) is 11.1 Å². The smallest absolute Gasteiger partial charge is 0.257 e. The van der Waals surface area contributed by atoms with Gasteiger partial charge in [0.15, 0.2) is 5.65 Å². The molecule has 1 aromatic carbocycles. The van der Waals surface area contributed by atoms with Gasteiger partial charge in [-0.2, -0.15) is 5.10 Å². The average Bonchev–Trinajstić information content (AvgIpc) is 3.24. The van der Waals surface area contributed by atoms with Crippen LogP contribution in [-0.2, 0) is 18.4 Å². The number of carbonyl (C=O) groups is 1. The number of hydrogen-bond acceptors (Lipinski definition) is 4. The monoisotopic (exact) mass is 363 g/mol. The Morgan fingerprint density at radius 1 is 1.33 bits per heavy atom. The summed E-state index contributed by atoms with van der Waals surface area (Å²) in [6, 6.07) is 8.23. The van der Waals surface area contributed by atoms with Crippen molar-refractivity contribution < 1.29 is 4.79 Å². The Hall–Kier alpha value is -2.73. The molecule has 2 aromatic heterocycles. The van der Waals surface area contributed by atoms with Crippen LogP contribution >= 0.6 is 0 Å². The summed E-state index contributed by atoms with van der Waals surface area (Å²) in [5, 5.41) is 7.59. The minimum absolute atomic E-state index is 0.0140. The van der Waals surface area contributed by atoms with Gasteiger partial charge in [0.1, 0.15) is 5.56 Å². The van der Waals surface area contributed by atoms with Crippen molar-refractivity contribution in [3.63, 3.8) is 0 Å². The van der Waals surface area contributed by atoms with Gasteiger partial charge >= 0.3 is 0 Å². The highest BCUT2D eigenvalue weighted by atomic mass is 16.1. The fraction of sp³-hybridized carbons (Fsp3) is 0.381. The van der Waals surface area contributed by atoms with Crippen LogP contribution in [-0.4, -0.2) is 20.5 Å². The normalized spacial score (nSPS) is 16.5. The van der Waals surface area contributed by atoms with Crippen molar-refractivity contribution in [2.24, 2.45) is 5.73 Å². The summed E-state index contributed by atoms with van der Waals surface area (Å²) in [6.45, 7) is 6.89. The van der Waals surface area contributed by atoms with Gasteiger partial charge in [0.2, 0.25) is 0 Å². The molecular weight excluding hydrogens is 338 g/mol. The molecule has 3 N–H and O–H groups in total. The maximum absolute atomic E-state index is 12.9. The number of nitrogens with one attached hydrogen (secondary N) is 1. The van der Waals surface area contributed by atoms with Crippen LogP contribution < -0.4 is 11.1 Å². The van der Waals surface area contributed by atoms with Gasteiger partial charge < -0.3 is 11.1 Å². The zero-order valence-corrected chi connectivity index (χ0v) is 16.0. The fourth-order valence-corrected chi connectivity index (χ4v) is 3.80. The molecule has 6 heteroatoms. The third-order valence-corrected chi connectivity index (χ3v) is 5.24. The third kappa shape index (κ3) is 3.10. The van der Waals surface area contributed by atoms with E-state index >= 15 is 0 Å². The summed E-state index contributed by atoms with van der Waals surface area (Å²) < 4.78 is 1.77. The highest BCUT2D eigenvalue weighted by molar-refractivity contribution is 5.99. The van der Waals surface area contributed by atoms with Gasteiger partial charge in [-0.15, -0.1) is 0 Å². The first-order valence-electron chi connectivity index (χ1n) is 9.34. The number of rotatable bonds is 3. The van der Waals surface area contributed by atoms with Crippen molar-refractivity contribution in [2.45, 2.75) is 51.6 Å². The highest BCUT2D eigenvalue weighted by Gasteiger charge is 2.27. The molecule has 2 heterocycles. The molecule has 3 aromatic rings. The highest BCUT2D eigenvalue weighted by Crippen LogP contribution is 2.32. The lowest BCUT2D eigenvalue weighted by Crippen LogP contribution is -2.27. The van der Waals surface area contributed by atoms with E-state index in [0.29, 0.717) is 17.8 Å². The average molecular weight is 363 g/mol. The molecule has 0 radical (unpaired) electrons. The van der Waals surface area contributed by atoms with Gasteiger partial charge in [-0.25, -0.2) is 9.50 Å². The second-order valence-electron chi connectivity index (χ2n) is 8.18. The summed E-state index contributed by atoms with van der Waals surface area (Å²) in [6.07, 6.45) is 5.21. The van der Waals surface area contributed by atoms with Crippen molar-refractivity contribution >= 4 is 11.6 Å². The molecule has 0 saturated carbocycles. The molecular formula is C21H25N5O. The Labute approximate surface area is 158 Å². The van der Waals surface area contributed by atoms with Gasteiger partial charge in [-0.05, 0) is 35.6 Å². The van der Waals surface area contributed by atoms with Crippen molar-refractivity contribution in [2.75, 3.05) is 0 Å². The second kappa shape index (κ2) is 6.46. The molecule has 0 fully saturated rings. The molecule has 1 unspecified atom stereocenters. The summed E-state index contributed by atoms with van der Waals surface area (Å²) in [7, 11) is 0. The molecule has 0 bridgehead atoms. The maximum atomic E-state index is 12.9. The Bertz CT molecular complexity index is 1020. The summed E-state index contributed by atoms with van der Waals surface area (Å²) in [5.74, 6) is -0.135. The lowest BCUT2D eigenvalue weighted by atomic mass is 9.92. The Kier molecular flexibility index (Phi) is 4.23. The molecule has 4 rings (SSSR count). The molecule has 0 saturated heterocycles. The SMILES string of the molecule is CC(C)(C)c1ccnc2c(C(=O)NC3CCc4cc(CN)ccc43)cnn12. The minimum Gasteiger partial charge on any atom is -0.345 e. The lowest BCUT2D eigenvalue weighted by Gasteiger charge is -2.19. The number of amides is 1. The zero-order valence-electron chi connectivity index (χ0n) is 16.0. The number of aryl methyl sites for hydroxylation is 1. The summed E-state index contributed by atoms with van der Waals surface area (Å²) in [5.41, 5.74) is 11.3. The van der Waals surface area contributed by atoms with E-state index in [4.69, 9.17) is 5.73 Å². The molecule has 1 amide bonds. The molecule has 140 valence electrons. The minimum atomic E-state index is -0.135. The van der Waals surface area contributed by atoms with E-state index in [2.05, 4.69) is 48.3 Å². The Morgan fingerprint density at radius 3 is 2.89 bits per heavy atom. The van der Waals surface area contributed by atoms with Crippen LogP contribution in [0, 0.1) is 0 Å². The van der Waals surface area contributed by atoms with Crippen molar-refractivity contribution in [3.8, 4) is 0 Å². The van der Waals surface area contributed by atoms with Crippen molar-refractivity contribution in [1.29, 1.82) is 0 Å². The lowest BCUT2D eigenvalue weighted by molar-refractivity contribution is 0.0938. The first kappa shape index (κ1) is 17.7. The van der Waals surface area contributed by atoms with E-state index in [1.54, 1.807) is 16.9 Å². The van der Waals surface area contributed by atoms with Gasteiger partial charge in [0.25, 0.3) is 5.91 Å². The van der Waals surface area contributed by atoms with Gasteiger partial charge in [0, 0.05) is 18.2 Å². The van der Waals surface area contributed by atoms with Gasteiger partial charge in [-0.3, -0.25) is 4.79 Å².